The molecule has 0 bridgehead atoms. The van der Waals surface area contributed by atoms with Gasteiger partial charge in [-0.25, -0.2) is 23.7 Å². The number of carbonyl (C=O) groups is 1. The fourth-order valence-electron chi connectivity index (χ4n) is 5.30. The Morgan fingerprint density at radius 3 is 2.72 bits per heavy atom. The molecule has 4 aromatic heterocycles. The molecule has 0 radical (unpaired) electrons. The van der Waals surface area contributed by atoms with Crippen LogP contribution in [0.5, 0.6) is 5.75 Å². The van der Waals surface area contributed by atoms with Gasteiger partial charge in [0.05, 0.1) is 35.6 Å². The van der Waals surface area contributed by atoms with Crippen molar-refractivity contribution in [3.63, 3.8) is 0 Å². The predicted molar refractivity (Wildman–Crippen MR) is 159 cm³/mol. The highest BCUT2D eigenvalue weighted by molar-refractivity contribution is 7.18. The molecular formula is C31H28F2N6O3S. The number of carbonyl (C=O) groups excluding carboxylic acids is 1. The first-order valence-corrected chi connectivity index (χ1v) is 14.5. The zero-order chi connectivity index (χ0) is 30.4. The number of aryl methyl sites for hydroxylation is 1. The molecule has 43 heavy (non-hydrogen) atoms. The molecule has 1 amide bonds. The van der Waals surface area contributed by atoms with E-state index in [-0.39, 0.29) is 29.9 Å². The molecule has 0 saturated carbocycles. The quantitative estimate of drug-likeness (QED) is 0.238. The maximum absolute atomic E-state index is 15.9. The van der Waals surface area contributed by atoms with E-state index in [0.717, 1.165) is 23.2 Å². The van der Waals surface area contributed by atoms with Gasteiger partial charge < -0.3 is 14.7 Å². The third kappa shape index (κ3) is 5.28. The Labute approximate surface area is 250 Å². The average molecular weight is 603 g/mol. The van der Waals surface area contributed by atoms with Crippen LogP contribution in [-0.2, 0) is 11.3 Å². The third-order valence-corrected chi connectivity index (χ3v) is 8.14. The van der Waals surface area contributed by atoms with E-state index in [2.05, 4.69) is 16.5 Å². The number of nitrogens with zero attached hydrogens (tertiary/aromatic N) is 6. The number of halogens is 2. The molecule has 1 N–H and O–H groups in total. The zero-order valence-electron chi connectivity index (χ0n) is 23.7. The molecular weight excluding hydrogens is 574 g/mol. The first-order chi connectivity index (χ1) is 20.6. The summed E-state index contributed by atoms with van der Waals surface area (Å²) in [4.78, 5) is 27.9. The van der Waals surface area contributed by atoms with Crippen LogP contribution in [0.4, 0.5) is 8.78 Å². The summed E-state index contributed by atoms with van der Waals surface area (Å²) in [5.74, 6) is -1.31. The Balaban J connectivity index is 1.64. The lowest BCUT2D eigenvalue weighted by atomic mass is 9.97. The molecule has 0 saturated heterocycles. The highest BCUT2D eigenvalue weighted by atomic mass is 32.1. The number of pyridine rings is 1. The summed E-state index contributed by atoms with van der Waals surface area (Å²) in [6.07, 6.45) is 3.77. The number of thiophene rings is 1. The highest BCUT2D eigenvalue weighted by Gasteiger charge is 2.30. The van der Waals surface area contributed by atoms with Gasteiger partial charge in [-0.1, -0.05) is 6.58 Å². The van der Waals surface area contributed by atoms with Gasteiger partial charge >= 0.3 is 0 Å². The molecule has 0 aliphatic carbocycles. The lowest BCUT2D eigenvalue weighted by molar-refractivity contribution is -0.127. The summed E-state index contributed by atoms with van der Waals surface area (Å²) in [6.45, 7) is 9.46. The van der Waals surface area contributed by atoms with Crippen LogP contribution in [0.15, 0.2) is 54.7 Å². The summed E-state index contributed by atoms with van der Waals surface area (Å²) in [5, 5.41) is 17.4. The number of hydrogen-bond donors (Lipinski definition) is 1. The van der Waals surface area contributed by atoms with Gasteiger partial charge in [-0.15, -0.1) is 11.3 Å². The number of benzene rings is 1. The topological polar surface area (TPSA) is 106 Å². The predicted octanol–water partition coefficient (Wildman–Crippen LogP) is 5.72. The maximum Gasteiger partial charge on any atom is 0.246 e. The van der Waals surface area contributed by atoms with Gasteiger partial charge in [-0.05, 0) is 44.4 Å². The van der Waals surface area contributed by atoms with Crippen LogP contribution in [-0.4, -0.2) is 59.9 Å². The highest BCUT2D eigenvalue weighted by Crippen LogP contribution is 2.47. The van der Waals surface area contributed by atoms with Crippen LogP contribution in [0.25, 0.3) is 43.9 Å². The Morgan fingerprint density at radius 1 is 1.23 bits per heavy atom. The fourth-order valence-corrected chi connectivity index (χ4v) is 6.24. The van der Waals surface area contributed by atoms with Crippen LogP contribution < -0.4 is 4.74 Å². The lowest BCUT2D eigenvalue weighted by Gasteiger charge is -2.31. The van der Waals surface area contributed by atoms with Gasteiger partial charge in [0.25, 0.3) is 0 Å². The smallest absolute Gasteiger partial charge is 0.246 e. The Bertz CT molecular complexity index is 1870. The van der Waals surface area contributed by atoms with Crippen molar-refractivity contribution in [3.8, 4) is 39.5 Å². The minimum atomic E-state index is -0.870. The molecule has 1 aromatic carbocycles. The number of rotatable bonds is 7. The second-order valence-electron chi connectivity index (χ2n) is 10.5. The Hall–Kier alpha value is -4.55. The molecule has 1 aliphatic heterocycles. The van der Waals surface area contributed by atoms with Crippen LogP contribution in [0.3, 0.4) is 0 Å². The van der Waals surface area contributed by atoms with Gasteiger partial charge in [0.15, 0.2) is 0 Å². The van der Waals surface area contributed by atoms with Gasteiger partial charge in [0.1, 0.15) is 41.2 Å². The van der Waals surface area contributed by atoms with Crippen molar-refractivity contribution in [2.45, 2.75) is 39.5 Å². The van der Waals surface area contributed by atoms with Crippen LogP contribution in [0.2, 0.25) is 0 Å². The molecule has 5 aromatic rings. The second kappa shape index (κ2) is 11.3. The van der Waals surface area contributed by atoms with Crippen LogP contribution >= 0.6 is 11.3 Å². The third-order valence-electron chi connectivity index (χ3n) is 7.21. The first-order valence-electron chi connectivity index (χ1n) is 13.6. The molecule has 0 unspecified atom stereocenters. The van der Waals surface area contributed by atoms with E-state index < -0.39 is 17.7 Å². The van der Waals surface area contributed by atoms with E-state index in [0.29, 0.717) is 51.8 Å². The molecule has 2 atom stereocenters. The minimum absolute atomic E-state index is 0.00573. The van der Waals surface area contributed by atoms with E-state index in [1.54, 1.807) is 24.2 Å². The Morgan fingerprint density at radius 2 is 2.00 bits per heavy atom. The molecule has 6 rings (SSSR count). The second-order valence-corrected chi connectivity index (χ2v) is 11.4. The summed E-state index contributed by atoms with van der Waals surface area (Å²) >= 11 is 1.37. The molecule has 220 valence electrons. The number of aromatic nitrogens is 5. The van der Waals surface area contributed by atoms with Gasteiger partial charge in [-0.3, -0.25) is 9.48 Å². The Kier molecular flexibility index (Phi) is 7.49. The van der Waals surface area contributed by atoms with Crippen molar-refractivity contribution in [1.29, 1.82) is 0 Å². The SMILES string of the molecule is C=CC(=O)N1Cc2cc(-c3nc(-c4cnc(C)nc4)c4ccsc4c3-c3c(F)cc(F)cc3OC[C@@H](C)O)nn2[C@@H](C)C1. The van der Waals surface area contributed by atoms with E-state index >= 15 is 4.39 Å². The largest absolute Gasteiger partial charge is 0.490 e. The molecule has 12 heteroatoms. The molecule has 5 heterocycles. The average Bonchev–Trinajstić information content (AvgIpc) is 3.64. The van der Waals surface area contributed by atoms with Gasteiger partial charge in [-0.2, -0.15) is 5.10 Å². The summed E-state index contributed by atoms with van der Waals surface area (Å²) in [7, 11) is 0. The standard InChI is InChI=1S/C31H28F2N6O3S/c1-5-26(41)38-13-16(2)39-21(14-38)10-24(37-39)30-28(27-23(33)8-20(32)9-25(27)42-15-17(3)40)31-22(6-7-43-31)29(36-30)19-11-34-18(4)35-12-19/h5-12,16-17,40H,1,13-15H2,2-4H3/t16-,17+/m0/s1. The molecule has 0 fully saturated rings. The van der Waals surface area contributed by atoms with Gasteiger partial charge in [0, 0.05) is 52.3 Å². The molecule has 1 aliphatic rings. The van der Waals surface area contributed by atoms with Crippen molar-refractivity contribution in [2.24, 2.45) is 0 Å². The monoisotopic (exact) mass is 602 g/mol. The summed E-state index contributed by atoms with van der Waals surface area (Å²) in [5.41, 5.74) is 3.17. The fraction of sp³-hybridized carbons (Fsp3) is 0.258. The van der Waals surface area contributed by atoms with Crippen molar-refractivity contribution < 1.29 is 23.4 Å². The normalized spacial score (nSPS) is 15.4. The van der Waals surface area contributed by atoms with Crippen molar-refractivity contribution in [1.82, 2.24) is 29.6 Å². The van der Waals surface area contributed by atoms with E-state index in [1.165, 1.54) is 24.3 Å². The summed E-state index contributed by atoms with van der Waals surface area (Å²) in [6, 6.07) is 5.47. The van der Waals surface area contributed by atoms with Crippen molar-refractivity contribution in [3.05, 3.63) is 77.8 Å². The maximum atomic E-state index is 15.9. The lowest BCUT2D eigenvalue weighted by Crippen LogP contribution is -2.39. The number of amides is 1. The van der Waals surface area contributed by atoms with E-state index in [9.17, 15) is 14.3 Å². The molecule has 0 spiro atoms. The summed E-state index contributed by atoms with van der Waals surface area (Å²) < 4.78 is 38.7. The zero-order valence-corrected chi connectivity index (χ0v) is 24.5. The van der Waals surface area contributed by atoms with Crippen LogP contribution in [0.1, 0.15) is 31.4 Å². The van der Waals surface area contributed by atoms with Gasteiger partial charge in [0.2, 0.25) is 5.91 Å². The number of hydrogen-bond acceptors (Lipinski definition) is 8. The number of ether oxygens (including phenoxy) is 1. The number of aliphatic hydroxyl groups excluding tert-OH is 1. The van der Waals surface area contributed by atoms with E-state index in [4.69, 9.17) is 14.8 Å². The molecule has 9 nitrogen and oxygen atoms in total. The number of aliphatic hydroxyl groups is 1. The minimum Gasteiger partial charge on any atom is -0.490 e. The van der Waals surface area contributed by atoms with E-state index in [1.807, 2.05) is 29.1 Å². The van der Waals surface area contributed by atoms with Crippen molar-refractivity contribution >= 4 is 27.3 Å². The van der Waals surface area contributed by atoms with Crippen LogP contribution in [0, 0.1) is 18.6 Å². The number of fused-ring (bicyclic) bond motifs is 2. The first kappa shape index (κ1) is 28.6. The van der Waals surface area contributed by atoms with Crippen molar-refractivity contribution in [2.75, 3.05) is 13.2 Å².